The second-order valence-electron chi connectivity index (χ2n) is 6.79. The Morgan fingerprint density at radius 2 is 1.33 bits per heavy atom. The van der Waals surface area contributed by atoms with Gasteiger partial charge in [0.1, 0.15) is 6.04 Å². The highest BCUT2D eigenvalue weighted by Crippen LogP contribution is 2.10. The highest BCUT2D eigenvalue weighted by Gasteiger charge is 2.13. The van der Waals surface area contributed by atoms with Crippen LogP contribution in [0.5, 0.6) is 0 Å². The number of carbonyl (C=O) groups excluding carboxylic acids is 1. The van der Waals surface area contributed by atoms with Crippen LogP contribution >= 0.6 is 0 Å². The van der Waals surface area contributed by atoms with Crippen molar-refractivity contribution in [2.45, 2.75) is 103 Å². The molecule has 0 rings (SSSR count). The van der Waals surface area contributed by atoms with Crippen molar-refractivity contribution in [3.8, 4) is 0 Å². The van der Waals surface area contributed by atoms with Crippen LogP contribution in [0, 0.1) is 0 Å². The Balaban J connectivity index is 3.14. The molecule has 0 aliphatic rings. The average molecular weight is 343 g/mol. The fourth-order valence-electron chi connectivity index (χ4n) is 2.84. The molecule has 0 aliphatic heterocycles. The predicted octanol–water partition coefficient (Wildman–Crippen LogP) is 4.56. The minimum Gasteiger partial charge on any atom is -0.465 e. The fraction of sp³-hybridized carbons (Fsp3) is 0.950. The molecule has 0 spiro atoms. The third-order valence-corrected chi connectivity index (χ3v) is 4.42. The van der Waals surface area contributed by atoms with Crippen LogP contribution in [0.15, 0.2) is 0 Å². The summed E-state index contributed by atoms with van der Waals surface area (Å²) in [5.41, 5.74) is 5.76. The number of nitrogens with two attached hydrogens (primary N) is 1. The molecule has 0 saturated heterocycles. The molecule has 1 atom stereocenters. The van der Waals surface area contributed by atoms with E-state index in [2.05, 4.69) is 12.2 Å². The molecular weight excluding hydrogens is 300 g/mol. The summed E-state index contributed by atoms with van der Waals surface area (Å²) in [6.45, 7) is 6.62. The van der Waals surface area contributed by atoms with Crippen LogP contribution in [0.4, 0.5) is 0 Å². The van der Waals surface area contributed by atoms with Crippen molar-refractivity contribution < 1.29 is 9.53 Å². The van der Waals surface area contributed by atoms with Gasteiger partial charge in [0.25, 0.3) is 0 Å². The lowest BCUT2D eigenvalue weighted by Gasteiger charge is -2.10. The zero-order chi connectivity index (χ0) is 17.9. The summed E-state index contributed by atoms with van der Waals surface area (Å²) >= 11 is 0. The second kappa shape index (κ2) is 18.7. The van der Waals surface area contributed by atoms with Gasteiger partial charge in [0.05, 0.1) is 6.61 Å². The van der Waals surface area contributed by atoms with E-state index in [1.54, 1.807) is 0 Å². The van der Waals surface area contributed by atoms with Crippen LogP contribution in [-0.4, -0.2) is 31.7 Å². The summed E-state index contributed by atoms with van der Waals surface area (Å²) in [4.78, 5) is 11.4. The maximum atomic E-state index is 11.4. The fourth-order valence-corrected chi connectivity index (χ4v) is 2.84. The van der Waals surface area contributed by atoms with E-state index in [-0.39, 0.29) is 5.97 Å². The van der Waals surface area contributed by atoms with Gasteiger partial charge in [0, 0.05) is 0 Å². The molecule has 0 amide bonds. The lowest BCUT2D eigenvalue weighted by Crippen LogP contribution is -2.32. The number of nitrogens with one attached hydrogen (secondary N) is 1. The molecule has 0 fully saturated rings. The maximum Gasteiger partial charge on any atom is 0.322 e. The number of esters is 1. The van der Waals surface area contributed by atoms with Crippen molar-refractivity contribution in [3.63, 3.8) is 0 Å². The van der Waals surface area contributed by atoms with Crippen molar-refractivity contribution in [2.75, 3.05) is 19.7 Å². The number of unbranched alkanes of at least 4 members (excludes halogenated alkanes) is 10. The number of hydrogen-bond donors (Lipinski definition) is 2. The molecule has 24 heavy (non-hydrogen) atoms. The van der Waals surface area contributed by atoms with E-state index in [1.165, 1.54) is 64.2 Å². The molecule has 0 aliphatic carbocycles. The van der Waals surface area contributed by atoms with Gasteiger partial charge in [0.15, 0.2) is 0 Å². The molecule has 1 unspecified atom stereocenters. The van der Waals surface area contributed by atoms with Crippen LogP contribution in [-0.2, 0) is 9.53 Å². The Hall–Kier alpha value is -0.610. The summed E-state index contributed by atoms with van der Waals surface area (Å²) < 4.78 is 4.90. The third-order valence-electron chi connectivity index (χ3n) is 4.42. The normalized spacial score (nSPS) is 12.3. The topological polar surface area (TPSA) is 64.3 Å². The largest absolute Gasteiger partial charge is 0.465 e. The van der Waals surface area contributed by atoms with Gasteiger partial charge in [-0.3, -0.25) is 4.79 Å². The molecule has 144 valence electrons. The van der Waals surface area contributed by atoms with Crippen molar-refractivity contribution in [2.24, 2.45) is 5.73 Å². The van der Waals surface area contributed by atoms with Gasteiger partial charge in [-0.2, -0.15) is 0 Å². The number of hydrogen-bond acceptors (Lipinski definition) is 4. The van der Waals surface area contributed by atoms with Gasteiger partial charge < -0.3 is 15.8 Å². The van der Waals surface area contributed by atoms with Gasteiger partial charge in [-0.1, -0.05) is 71.1 Å². The monoisotopic (exact) mass is 342 g/mol. The third kappa shape index (κ3) is 16.3. The number of ether oxygens (including phenoxy) is 1. The van der Waals surface area contributed by atoms with Crippen molar-refractivity contribution in [1.82, 2.24) is 5.32 Å². The second-order valence-corrected chi connectivity index (χ2v) is 6.79. The Morgan fingerprint density at radius 1 is 0.833 bits per heavy atom. The Morgan fingerprint density at radius 3 is 1.88 bits per heavy atom. The maximum absolute atomic E-state index is 11.4. The zero-order valence-corrected chi connectivity index (χ0v) is 16.3. The van der Waals surface area contributed by atoms with Crippen LogP contribution in [0.1, 0.15) is 97.3 Å². The minimum atomic E-state index is -0.452. The van der Waals surface area contributed by atoms with E-state index in [9.17, 15) is 4.79 Å². The summed E-state index contributed by atoms with van der Waals surface area (Å²) in [7, 11) is 0. The van der Waals surface area contributed by atoms with E-state index < -0.39 is 6.04 Å². The lowest BCUT2D eigenvalue weighted by atomic mass is 10.1. The lowest BCUT2D eigenvalue weighted by molar-refractivity contribution is -0.144. The summed E-state index contributed by atoms with van der Waals surface area (Å²) in [6.07, 6.45) is 16.6. The van der Waals surface area contributed by atoms with E-state index in [0.29, 0.717) is 6.61 Å². The smallest absolute Gasteiger partial charge is 0.322 e. The number of rotatable bonds is 18. The molecule has 0 radical (unpaired) electrons. The first-order chi connectivity index (χ1) is 11.7. The highest BCUT2D eigenvalue weighted by molar-refractivity contribution is 5.75. The molecule has 0 saturated carbocycles. The Bertz CT molecular complexity index is 272. The number of carbonyl (C=O) groups is 1. The van der Waals surface area contributed by atoms with Gasteiger partial charge >= 0.3 is 5.97 Å². The summed E-state index contributed by atoms with van der Waals surface area (Å²) in [5, 5.41) is 3.48. The molecular formula is C20H42N2O2. The van der Waals surface area contributed by atoms with Gasteiger partial charge in [-0.15, -0.1) is 0 Å². The highest BCUT2D eigenvalue weighted by atomic mass is 16.5. The molecule has 0 bridgehead atoms. The quantitative estimate of drug-likeness (QED) is 0.283. The first-order valence-corrected chi connectivity index (χ1v) is 10.3. The first-order valence-electron chi connectivity index (χ1n) is 10.3. The molecule has 0 aromatic carbocycles. The van der Waals surface area contributed by atoms with Crippen molar-refractivity contribution >= 4 is 5.97 Å². The van der Waals surface area contributed by atoms with Gasteiger partial charge in [0.2, 0.25) is 0 Å². The summed E-state index contributed by atoms with van der Waals surface area (Å²) in [6, 6.07) is -0.452. The van der Waals surface area contributed by atoms with E-state index >= 15 is 0 Å². The molecule has 0 aromatic rings. The van der Waals surface area contributed by atoms with Crippen LogP contribution in [0.25, 0.3) is 0 Å². The van der Waals surface area contributed by atoms with Crippen LogP contribution in [0.3, 0.4) is 0 Å². The zero-order valence-electron chi connectivity index (χ0n) is 16.3. The van der Waals surface area contributed by atoms with Crippen LogP contribution < -0.4 is 11.1 Å². The Labute approximate surface area is 150 Å². The molecule has 3 N–H and O–H groups in total. The Kier molecular flexibility index (Phi) is 18.2. The van der Waals surface area contributed by atoms with Crippen LogP contribution in [0.2, 0.25) is 0 Å². The SMILES string of the molecule is CCCCCCCCCCCCNCCCCC(N)C(=O)OCC. The van der Waals surface area contributed by atoms with Crippen molar-refractivity contribution in [1.29, 1.82) is 0 Å². The van der Waals surface area contributed by atoms with Gasteiger partial charge in [-0.25, -0.2) is 0 Å². The summed E-state index contributed by atoms with van der Waals surface area (Å²) in [5.74, 6) is -0.268. The van der Waals surface area contributed by atoms with Crippen molar-refractivity contribution in [3.05, 3.63) is 0 Å². The first kappa shape index (κ1) is 23.4. The molecule has 0 heterocycles. The van der Waals surface area contributed by atoms with E-state index in [1.807, 2.05) is 6.92 Å². The molecule has 4 heteroatoms. The van der Waals surface area contributed by atoms with E-state index in [4.69, 9.17) is 10.5 Å². The minimum absolute atomic E-state index is 0.268. The van der Waals surface area contributed by atoms with Gasteiger partial charge in [-0.05, 0) is 39.3 Å². The standard InChI is InChI=1S/C20H42N2O2/c1-3-5-6-7-8-9-10-11-12-14-17-22-18-15-13-16-19(21)20(23)24-4-2/h19,22H,3-18,21H2,1-2H3. The molecule has 0 aromatic heterocycles. The molecule has 4 nitrogen and oxygen atoms in total. The average Bonchev–Trinajstić information content (AvgIpc) is 2.58. The van der Waals surface area contributed by atoms with E-state index in [0.717, 1.165) is 32.4 Å². The predicted molar refractivity (Wildman–Crippen MR) is 103 cm³/mol.